The summed E-state index contributed by atoms with van der Waals surface area (Å²) in [6.45, 7) is 6.02. The zero-order valence-electron chi connectivity index (χ0n) is 20.0. The standard InChI is InChI=1S/C27H35N3O3/c1-5-6-16-23(31)21(17-18(2)3)25(32)27(28)26(33)30(4)22-15-11-10-14-20(22)24(29-27)19-12-8-7-9-13-19/h7-15,18,21,23,31H,5-6,16-17,28H2,1-4H3/t21-,23+,27-/m1/s1. The van der Waals surface area contributed by atoms with E-state index in [9.17, 15) is 14.7 Å². The number of nitrogens with two attached hydrogens (primary N) is 1. The van der Waals surface area contributed by atoms with E-state index in [4.69, 9.17) is 5.73 Å². The van der Waals surface area contributed by atoms with Gasteiger partial charge in [-0.3, -0.25) is 15.3 Å². The molecular weight excluding hydrogens is 414 g/mol. The molecule has 3 N–H and O–H groups in total. The predicted molar refractivity (Wildman–Crippen MR) is 132 cm³/mol. The summed E-state index contributed by atoms with van der Waals surface area (Å²) in [5.41, 5.74) is 7.14. The van der Waals surface area contributed by atoms with Crippen LogP contribution in [0.2, 0.25) is 0 Å². The summed E-state index contributed by atoms with van der Waals surface area (Å²) >= 11 is 0. The minimum atomic E-state index is -2.13. The first-order valence-corrected chi connectivity index (χ1v) is 11.7. The molecule has 1 aliphatic rings. The van der Waals surface area contributed by atoms with Gasteiger partial charge >= 0.3 is 0 Å². The average Bonchev–Trinajstić information content (AvgIpc) is 2.91. The number of aliphatic imine (C=N–C) groups is 1. The molecule has 1 heterocycles. The van der Waals surface area contributed by atoms with Gasteiger partial charge in [-0.1, -0.05) is 82.1 Å². The molecule has 176 valence electrons. The lowest BCUT2D eigenvalue weighted by Gasteiger charge is -2.32. The van der Waals surface area contributed by atoms with Gasteiger partial charge in [0.1, 0.15) is 0 Å². The highest BCUT2D eigenvalue weighted by atomic mass is 16.3. The number of fused-ring (bicyclic) bond motifs is 1. The Morgan fingerprint density at radius 1 is 1.12 bits per heavy atom. The largest absolute Gasteiger partial charge is 0.392 e. The van der Waals surface area contributed by atoms with E-state index in [1.165, 1.54) is 4.90 Å². The van der Waals surface area contributed by atoms with Crippen LogP contribution in [0.15, 0.2) is 59.6 Å². The molecule has 0 aliphatic carbocycles. The van der Waals surface area contributed by atoms with Gasteiger partial charge in [-0.05, 0) is 24.8 Å². The van der Waals surface area contributed by atoms with Crippen LogP contribution in [-0.2, 0) is 9.59 Å². The summed E-state index contributed by atoms with van der Waals surface area (Å²) in [5.74, 6) is -1.76. The van der Waals surface area contributed by atoms with Crippen molar-refractivity contribution in [1.82, 2.24) is 0 Å². The van der Waals surface area contributed by atoms with Crippen LogP contribution in [0.1, 0.15) is 57.6 Å². The Balaban J connectivity index is 2.17. The van der Waals surface area contributed by atoms with Crippen molar-refractivity contribution in [2.75, 3.05) is 11.9 Å². The second kappa shape index (κ2) is 10.4. The Bertz CT molecular complexity index is 1020. The lowest BCUT2D eigenvalue weighted by atomic mass is 9.81. The number of aliphatic hydroxyl groups excluding tert-OH is 1. The first-order valence-electron chi connectivity index (χ1n) is 11.7. The maximum Gasteiger partial charge on any atom is 0.277 e. The second-order valence-corrected chi connectivity index (χ2v) is 9.28. The fourth-order valence-electron chi connectivity index (χ4n) is 4.44. The van der Waals surface area contributed by atoms with Gasteiger partial charge in [0.15, 0.2) is 5.78 Å². The van der Waals surface area contributed by atoms with Crippen molar-refractivity contribution < 1.29 is 14.7 Å². The minimum absolute atomic E-state index is 0.146. The highest BCUT2D eigenvalue weighted by Gasteiger charge is 2.50. The number of unbranched alkanes of at least 4 members (excludes halogenated alkanes) is 1. The van der Waals surface area contributed by atoms with Crippen molar-refractivity contribution in [2.24, 2.45) is 22.6 Å². The molecule has 2 aromatic rings. The van der Waals surface area contributed by atoms with Gasteiger partial charge < -0.3 is 10.0 Å². The molecule has 0 saturated heterocycles. The number of hydrogen-bond donors (Lipinski definition) is 2. The van der Waals surface area contributed by atoms with Crippen LogP contribution >= 0.6 is 0 Å². The third-order valence-electron chi connectivity index (χ3n) is 6.24. The van der Waals surface area contributed by atoms with Gasteiger partial charge in [0, 0.05) is 24.1 Å². The molecule has 0 fully saturated rings. The molecule has 0 spiro atoms. The summed E-state index contributed by atoms with van der Waals surface area (Å²) in [5, 5.41) is 10.9. The van der Waals surface area contributed by atoms with Crippen molar-refractivity contribution in [3.63, 3.8) is 0 Å². The molecule has 0 unspecified atom stereocenters. The molecule has 1 amide bonds. The number of amides is 1. The van der Waals surface area contributed by atoms with Gasteiger partial charge in [0.2, 0.25) is 5.66 Å². The number of ketones is 1. The third-order valence-corrected chi connectivity index (χ3v) is 6.24. The van der Waals surface area contributed by atoms with Gasteiger partial charge in [0.25, 0.3) is 5.91 Å². The number of carbonyl (C=O) groups excluding carboxylic acids is 2. The van der Waals surface area contributed by atoms with Crippen molar-refractivity contribution in [2.45, 2.75) is 58.2 Å². The summed E-state index contributed by atoms with van der Waals surface area (Å²) < 4.78 is 0. The van der Waals surface area contributed by atoms with Crippen molar-refractivity contribution >= 4 is 23.1 Å². The molecule has 3 atom stereocenters. The SMILES string of the molecule is CCCC[C@H](O)[C@@H](CC(C)C)C(=O)[C@@]1(N)N=C(c2ccccc2)c2ccccc2N(C)C1=O. The van der Waals surface area contributed by atoms with Crippen molar-refractivity contribution in [1.29, 1.82) is 0 Å². The van der Waals surface area contributed by atoms with Gasteiger partial charge in [0.05, 0.1) is 17.5 Å². The van der Waals surface area contributed by atoms with Crippen molar-refractivity contribution in [3.05, 3.63) is 65.7 Å². The molecule has 6 heteroatoms. The van der Waals surface area contributed by atoms with Gasteiger partial charge in [-0.25, -0.2) is 4.99 Å². The van der Waals surface area contributed by atoms with Crippen LogP contribution in [0.3, 0.4) is 0 Å². The second-order valence-electron chi connectivity index (χ2n) is 9.28. The van der Waals surface area contributed by atoms with Crippen LogP contribution in [0.5, 0.6) is 0 Å². The number of aliphatic hydroxyl groups is 1. The van der Waals surface area contributed by atoms with E-state index in [1.807, 2.05) is 75.4 Å². The molecular formula is C27H35N3O3. The number of carbonyl (C=O) groups is 2. The molecule has 6 nitrogen and oxygen atoms in total. The van der Waals surface area contributed by atoms with E-state index >= 15 is 0 Å². The Morgan fingerprint density at radius 3 is 2.39 bits per heavy atom. The molecule has 0 radical (unpaired) electrons. The van der Waals surface area contributed by atoms with E-state index < -0.39 is 29.4 Å². The molecule has 2 aromatic carbocycles. The van der Waals surface area contributed by atoms with Crippen LogP contribution in [0, 0.1) is 11.8 Å². The quantitative estimate of drug-likeness (QED) is 0.567. The number of para-hydroxylation sites is 1. The Hall–Kier alpha value is -2.83. The van der Waals surface area contributed by atoms with Gasteiger partial charge in [-0.15, -0.1) is 0 Å². The van der Waals surface area contributed by atoms with Crippen LogP contribution in [-0.4, -0.2) is 41.3 Å². The van der Waals surface area contributed by atoms with E-state index in [2.05, 4.69) is 4.99 Å². The Kier molecular flexibility index (Phi) is 7.82. The number of benzodiazepines with no additional fused rings is 1. The van der Waals surface area contributed by atoms with Crippen LogP contribution in [0.4, 0.5) is 5.69 Å². The smallest absolute Gasteiger partial charge is 0.277 e. The molecule has 0 saturated carbocycles. The van der Waals surface area contributed by atoms with Crippen LogP contribution < -0.4 is 10.6 Å². The van der Waals surface area contributed by atoms with E-state index in [1.54, 1.807) is 7.05 Å². The number of benzene rings is 2. The fourth-order valence-corrected chi connectivity index (χ4v) is 4.44. The van der Waals surface area contributed by atoms with Crippen LogP contribution in [0.25, 0.3) is 0 Å². The zero-order chi connectivity index (χ0) is 24.2. The maximum absolute atomic E-state index is 14.0. The van der Waals surface area contributed by atoms with Gasteiger partial charge in [-0.2, -0.15) is 0 Å². The minimum Gasteiger partial charge on any atom is -0.392 e. The average molecular weight is 450 g/mol. The predicted octanol–water partition coefficient (Wildman–Crippen LogP) is 3.94. The number of nitrogens with zero attached hydrogens (tertiary/aromatic N) is 2. The fraction of sp³-hybridized carbons (Fsp3) is 0.444. The van der Waals surface area contributed by atoms with E-state index in [0.29, 0.717) is 24.2 Å². The topological polar surface area (TPSA) is 96.0 Å². The number of hydrogen-bond acceptors (Lipinski definition) is 5. The Morgan fingerprint density at radius 2 is 1.76 bits per heavy atom. The summed E-state index contributed by atoms with van der Waals surface area (Å²) in [4.78, 5) is 33.7. The monoisotopic (exact) mass is 449 g/mol. The number of likely N-dealkylation sites (N-methyl/N-ethyl adjacent to an activating group) is 1. The summed E-state index contributed by atoms with van der Waals surface area (Å²) in [7, 11) is 1.62. The first kappa shape index (κ1) is 24.8. The lowest BCUT2D eigenvalue weighted by Crippen LogP contribution is -2.61. The van der Waals surface area contributed by atoms with E-state index in [0.717, 1.165) is 24.0 Å². The Labute approximate surface area is 196 Å². The summed E-state index contributed by atoms with van der Waals surface area (Å²) in [6, 6.07) is 16.8. The molecule has 33 heavy (non-hydrogen) atoms. The summed E-state index contributed by atoms with van der Waals surface area (Å²) in [6.07, 6.45) is 1.73. The maximum atomic E-state index is 14.0. The molecule has 0 aromatic heterocycles. The zero-order valence-corrected chi connectivity index (χ0v) is 20.0. The normalized spacial score (nSPS) is 20.2. The van der Waals surface area contributed by atoms with E-state index in [-0.39, 0.29) is 5.92 Å². The molecule has 1 aliphatic heterocycles. The highest BCUT2D eigenvalue weighted by molar-refractivity contribution is 6.26. The highest BCUT2D eigenvalue weighted by Crippen LogP contribution is 2.33. The number of anilines is 1. The van der Waals surface area contributed by atoms with Crippen molar-refractivity contribution in [3.8, 4) is 0 Å². The first-order chi connectivity index (χ1) is 15.7. The lowest BCUT2D eigenvalue weighted by molar-refractivity contribution is -0.139. The molecule has 0 bridgehead atoms. The number of Topliss-reactive ketones (excluding diaryl/α,β-unsaturated/α-hetero) is 1. The third kappa shape index (κ3) is 5.07. The molecule has 3 rings (SSSR count). The number of rotatable bonds is 9.